The summed E-state index contributed by atoms with van der Waals surface area (Å²) in [6.07, 6.45) is 3.69. The van der Waals surface area contributed by atoms with Crippen LogP contribution in [-0.2, 0) is 19.2 Å². The molecule has 0 spiro atoms. The van der Waals surface area contributed by atoms with Crippen LogP contribution in [0.1, 0.15) is 48.1 Å². The Kier molecular flexibility index (Phi) is 8.44. The largest absolute Gasteiger partial charge is 0.496 e. The Morgan fingerprint density at radius 3 is 2.59 bits per heavy atom. The SMILES string of the molecule is COc1ccc(-c2c(C)nn3c(NCc4cccc(-c5nccn5C)c4)cc(C(C)(C)O)nc23)cc1C(=O)N(C)C(C)CO. The summed E-state index contributed by atoms with van der Waals surface area (Å²) in [4.78, 5) is 24.2. The first kappa shape index (κ1) is 30.7. The zero-order valence-corrected chi connectivity index (χ0v) is 26.2. The highest BCUT2D eigenvalue weighted by atomic mass is 16.5. The van der Waals surface area contributed by atoms with Crippen molar-refractivity contribution in [1.82, 2.24) is 29.0 Å². The third kappa shape index (κ3) is 5.88. The Hall–Kier alpha value is -4.74. The van der Waals surface area contributed by atoms with Crippen LogP contribution in [0.5, 0.6) is 5.75 Å². The molecule has 0 aliphatic heterocycles. The molecule has 11 heteroatoms. The van der Waals surface area contributed by atoms with E-state index >= 15 is 0 Å². The molecule has 0 aliphatic rings. The number of carbonyl (C=O) groups excluding carboxylic acids is 1. The topological polar surface area (TPSA) is 130 Å². The number of likely N-dealkylation sites (N-methyl/N-ethyl adjacent to an activating group) is 1. The van der Waals surface area contributed by atoms with Crippen LogP contribution >= 0.6 is 0 Å². The number of aromatic nitrogens is 5. The van der Waals surface area contributed by atoms with Crippen molar-refractivity contribution in [3.8, 4) is 28.3 Å². The van der Waals surface area contributed by atoms with Crippen LogP contribution in [0.4, 0.5) is 5.82 Å². The maximum Gasteiger partial charge on any atom is 0.257 e. The van der Waals surface area contributed by atoms with E-state index in [0.29, 0.717) is 40.7 Å². The number of methoxy groups -OCH3 is 1. The number of aryl methyl sites for hydroxylation is 2. The Bertz CT molecular complexity index is 1820. The number of imidazole rings is 1. The van der Waals surface area contributed by atoms with E-state index in [1.165, 1.54) is 12.0 Å². The highest BCUT2D eigenvalue weighted by Gasteiger charge is 2.26. The first-order valence-electron chi connectivity index (χ1n) is 14.4. The number of carbonyl (C=O) groups is 1. The molecule has 44 heavy (non-hydrogen) atoms. The van der Waals surface area contributed by atoms with Crippen molar-refractivity contribution in [3.63, 3.8) is 0 Å². The monoisotopic (exact) mass is 597 g/mol. The fourth-order valence-corrected chi connectivity index (χ4v) is 5.10. The van der Waals surface area contributed by atoms with Crippen LogP contribution in [-0.4, -0.2) is 72.0 Å². The average Bonchev–Trinajstić information content (AvgIpc) is 3.59. The lowest BCUT2D eigenvalue weighted by Gasteiger charge is -2.24. The molecule has 0 saturated carbocycles. The number of anilines is 1. The lowest BCUT2D eigenvalue weighted by Crippen LogP contribution is -2.37. The van der Waals surface area contributed by atoms with Gasteiger partial charge in [-0.25, -0.2) is 9.97 Å². The zero-order valence-electron chi connectivity index (χ0n) is 26.2. The van der Waals surface area contributed by atoms with Crippen molar-refractivity contribution in [1.29, 1.82) is 0 Å². The van der Waals surface area contributed by atoms with Crippen molar-refractivity contribution in [2.75, 3.05) is 26.1 Å². The second-order valence-electron chi connectivity index (χ2n) is 11.6. The van der Waals surface area contributed by atoms with Crippen LogP contribution in [0.2, 0.25) is 0 Å². The number of amides is 1. The molecule has 1 atom stereocenters. The van der Waals surface area contributed by atoms with Gasteiger partial charge < -0.3 is 29.7 Å². The van der Waals surface area contributed by atoms with E-state index < -0.39 is 5.60 Å². The third-order valence-electron chi connectivity index (χ3n) is 7.84. The highest BCUT2D eigenvalue weighted by Crippen LogP contribution is 2.34. The number of hydrogen-bond acceptors (Lipinski definition) is 8. The summed E-state index contributed by atoms with van der Waals surface area (Å²) in [6, 6.07) is 15.0. The number of nitrogens with one attached hydrogen (secondary N) is 1. The third-order valence-corrected chi connectivity index (χ3v) is 7.84. The molecule has 3 N–H and O–H groups in total. The summed E-state index contributed by atoms with van der Waals surface area (Å²) in [5, 5.41) is 28.9. The molecule has 5 aromatic rings. The molecule has 0 fully saturated rings. The fraction of sp³-hybridized carbons (Fsp3) is 0.333. The fourth-order valence-electron chi connectivity index (χ4n) is 5.10. The molecule has 230 valence electrons. The standard InChI is InChI=1S/C33H39N7O4/c1-20(19-41)39(6)32(42)25-16-23(11-12-26(25)44-7)29-21(2)37-40-28(17-27(33(3,4)43)36-31(29)40)35-18-22-9-8-10-24(15-22)30-34-13-14-38(30)5/h8-17,20,35,41,43H,18-19H2,1-7H3. The number of aliphatic hydroxyl groups excluding tert-OH is 1. The summed E-state index contributed by atoms with van der Waals surface area (Å²) in [6.45, 7) is 7.38. The Balaban J connectivity index is 1.58. The maximum atomic E-state index is 13.4. The van der Waals surface area contributed by atoms with Crippen LogP contribution in [0.3, 0.4) is 0 Å². The molecular weight excluding hydrogens is 558 g/mol. The van der Waals surface area contributed by atoms with Gasteiger partial charge in [0, 0.05) is 50.2 Å². The van der Waals surface area contributed by atoms with Crippen LogP contribution < -0.4 is 10.1 Å². The first-order valence-corrected chi connectivity index (χ1v) is 14.4. The quantitative estimate of drug-likeness (QED) is 0.216. The molecule has 11 nitrogen and oxygen atoms in total. The lowest BCUT2D eigenvalue weighted by atomic mass is 10.0. The Morgan fingerprint density at radius 1 is 1.16 bits per heavy atom. The molecule has 3 aromatic heterocycles. The molecule has 1 unspecified atom stereocenters. The van der Waals surface area contributed by atoms with E-state index in [0.717, 1.165) is 28.1 Å². The maximum absolute atomic E-state index is 13.4. The van der Waals surface area contributed by atoms with E-state index in [-0.39, 0.29) is 18.6 Å². The van der Waals surface area contributed by atoms with Gasteiger partial charge in [0.05, 0.1) is 36.7 Å². The molecule has 0 aliphatic carbocycles. The van der Waals surface area contributed by atoms with Gasteiger partial charge in [-0.3, -0.25) is 4.79 Å². The normalized spacial score (nSPS) is 12.4. The second-order valence-corrected chi connectivity index (χ2v) is 11.6. The van der Waals surface area contributed by atoms with Gasteiger partial charge in [0.2, 0.25) is 0 Å². The predicted octanol–water partition coefficient (Wildman–Crippen LogP) is 4.41. The van der Waals surface area contributed by atoms with Crippen molar-refractivity contribution in [3.05, 3.63) is 83.4 Å². The summed E-state index contributed by atoms with van der Waals surface area (Å²) >= 11 is 0. The minimum absolute atomic E-state index is 0.163. The summed E-state index contributed by atoms with van der Waals surface area (Å²) in [5.41, 5.74) is 4.34. The second kappa shape index (κ2) is 12.1. The van der Waals surface area contributed by atoms with Crippen LogP contribution in [0.25, 0.3) is 28.2 Å². The van der Waals surface area contributed by atoms with Crippen LogP contribution in [0, 0.1) is 6.92 Å². The minimum atomic E-state index is -1.23. The average molecular weight is 598 g/mol. The van der Waals surface area contributed by atoms with Gasteiger partial charge in [0.25, 0.3) is 5.91 Å². The van der Waals surface area contributed by atoms with Crippen LogP contribution in [0.15, 0.2) is 60.9 Å². The zero-order chi connectivity index (χ0) is 31.8. The first-order chi connectivity index (χ1) is 20.9. The Morgan fingerprint density at radius 2 is 1.93 bits per heavy atom. The number of rotatable bonds is 10. The van der Waals surface area contributed by atoms with Gasteiger partial charge in [-0.2, -0.15) is 9.61 Å². The smallest absolute Gasteiger partial charge is 0.257 e. The molecule has 0 bridgehead atoms. The van der Waals surface area contributed by atoms with Gasteiger partial charge >= 0.3 is 0 Å². The Labute approximate surface area is 256 Å². The van der Waals surface area contributed by atoms with E-state index in [2.05, 4.69) is 16.4 Å². The van der Waals surface area contributed by atoms with E-state index in [4.69, 9.17) is 14.8 Å². The number of fused-ring (bicyclic) bond motifs is 1. The minimum Gasteiger partial charge on any atom is -0.496 e. The van der Waals surface area contributed by atoms with Crippen molar-refractivity contribution in [2.45, 2.75) is 45.9 Å². The van der Waals surface area contributed by atoms with E-state index in [1.54, 1.807) is 56.7 Å². The molecule has 1 amide bonds. The highest BCUT2D eigenvalue weighted by molar-refractivity contribution is 5.99. The number of hydrogen-bond donors (Lipinski definition) is 3. The molecule has 3 heterocycles. The number of benzene rings is 2. The lowest BCUT2D eigenvalue weighted by molar-refractivity contribution is 0.0678. The van der Waals surface area contributed by atoms with Gasteiger partial charge in [-0.15, -0.1) is 0 Å². The molecular formula is C33H39N7O4. The molecule has 5 rings (SSSR count). The number of ether oxygens (including phenoxy) is 1. The number of aliphatic hydroxyl groups is 2. The van der Waals surface area contributed by atoms with Crippen molar-refractivity contribution >= 4 is 17.4 Å². The van der Waals surface area contributed by atoms with Gasteiger partial charge in [0.1, 0.15) is 23.0 Å². The van der Waals surface area contributed by atoms with Crippen molar-refractivity contribution < 1.29 is 19.7 Å². The number of nitrogens with zero attached hydrogens (tertiary/aromatic N) is 6. The van der Waals surface area contributed by atoms with E-state index in [9.17, 15) is 15.0 Å². The molecule has 2 aromatic carbocycles. The van der Waals surface area contributed by atoms with Crippen molar-refractivity contribution in [2.24, 2.45) is 7.05 Å². The summed E-state index contributed by atoms with van der Waals surface area (Å²) < 4.78 is 9.23. The summed E-state index contributed by atoms with van der Waals surface area (Å²) in [7, 11) is 5.13. The summed E-state index contributed by atoms with van der Waals surface area (Å²) in [5.74, 6) is 1.68. The van der Waals surface area contributed by atoms with Gasteiger partial charge in [-0.05, 0) is 57.0 Å². The molecule has 0 saturated heterocycles. The van der Waals surface area contributed by atoms with E-state index in [1.807, 2.05) is 49.0 Å². The predicted molar refractivity (Wildman–Crippen MR) is 170 cm³/mol. The van der Waals surface area contributed by atoms with Gasteiger partial charge in [-0.1, -0.05) is 24.3 Å². The van der Waals surface area contributed by atoms with Gasteiger partial charge in [0.15, 0.2) is 5.65 Å². The molecule has 0 radical (unpaired) electrons.